The van der Waals surface area contributed by atoms with Gasteiger partial charge in [-0.15, -0.1) is 0 Å². The van der Waals surface area contributed by atoms with Crippen molar-refractivity contribution in [2.45, 2.75) is 26.8 Å². The Morgan fingerprint density at radius 3 is 2.47 bits per heavy atom. The highest BCUT2D eigenvalue weighted by Gasteiger charge is 2.25. The third-order valence-electron chi connectivity index (χ3n) is 5.60. The Kier molecular flexibility index (Phi) is 5.14. The van der Waals surface area contributed by atoms with Gasteiger partial charge < -0.3 is 4.90 Å². The first kappa shape index (κ1) is 20.3. The van der Waals surface area contributed by atoms with E-state index in [1.165, 1.54) is 11.3 Å². The molecule has 0 spiro atoms. The van der Waals surface area contributed by atoms with E-state index in [9.17, 15) is 9.59 Å². The Balaban J connectivity index is 1.32. The van der Waals surface area contributed by atoms with E-state index in [0.717, 1.165) is 27.5 Å². The molecule has 0 atom stereocenters. The van der Waals surface area contributed by atoms with Gasteiger partial charge in [-0.1, -0.05) is 29.5 Å². The Labute approximate surface area is 189 Å². The number of nitrogens with one attached hydrogen (secondary N) is 1. The molecular formula is C24H21N5O2S. The summed E-state index contributed by atoms with van der Waals surface area (Å²) in [7, 11) is 0. The van der Waals surface area contributed by atoms with Gasteiger partial charge in [-0.2, -0.15) is 0 Å². The summed E-state index contributed by atoms with van der Waals surface area (Å²) in [5.41, 5.74) is 5.30. The molecule has 5 rings (SSSR count). The lowest BCUT2D eigenvalue weighted by atomic mass is 10.1. The molecule has 1 aliphatic heterocycles. The summed E-state index contributed by atoms with van der Waals surface area (Å²) >= 11 is 1.42. The Bertz CT molecular complexity index is 1350. The van der Waals surface area contributed by atoms with E-state index in [-0.39, 0.29) is 11.8 Å². The van der Waals surface area contributed by atoms with Gasteiger partial charge in [-0.25, -0.2) is 15.0 Å². The maximum absolute atomic E-state index is 12.8. The molecule has 2 aromatic heterocycles. The maximum Gasteiger partial charge on any atom is 0.257 e. The molecular weight excluding hydrogens is 422 g/mol. The topological polar surface area (TPSA) is 88.1 Å². The minimum Gasteiger partial charge on any atom is -0.333 e. The quantitative estimate of drug-likeness (QED) is 0.514. The molecule has 2 amide bonds. The van der Waals surface area contributed by atoms with Crippen LogP contribution in [0.4, 0.5) is 5.13 Å². The normalized spacial score (nSPS) is 13.1. The first-order chi connectivity index (χ1) is 15.5. The van der Waals surface area contributed by atoms with Gasteiger partial charge in [0.05, 0.1) is 34.7 Å². The van der Waals surface area contributed by atoms with Crippen LogP contribution >= 0.6 is 11.3 Å². The predicted octanol–water partition coefficient (Wildman–Crippen LogP) is 4.15. The van der Waals surface area contributed by atoms with E-state index >= 15 is 0 Å². The van der Waals surface area contributed by atoms with Gasteiger partial charge in [0.2, 0.25) is 0 Å². The third-order valence-corrected chi connectivity index (χ3v) is 6.60. The second-order valence-corrected chi connectivity index (χ2v) is 8.87. The molecule has 1 aliphatic rings. The van der Waals surface area contributed by atoms with Crippen LogP contribution in [-0.4, -0.2) is 38.2 Å². The average Bonchev–Trinajstić information content (AvgIpc) is 3.21. The zero-order valence-electron chi connectivity index (χ0n) is 17.8. The van der Waals surface area contributed by atoms with Crippen molar-refractivity contribution < 1.29 is 9.59 Å². The number of hydrogen-bond donors (Lipinski definition) is 1. The number of nitrogens with zero attached hydrogens (tertiary/aromatic N) is 4. The molecule has 0 bridgehead atoms. The molecule has 8 heteroatoms. The smallest absolute Gasteiger partial charge is 0.257 e. The van der Waals surface area contributed by atoms with Crippen LogP contribution in [0.1, 0.15) is 42.7 Å². The Hall–Kier alpha value is -3.65. The number of benzene rings is 2. The van der Waals surface area contributed by atoms with Crippen molar-refractivity contribution in [2.24, 2.45) is 0 Å². The standard InChI is InChI=1S/C24H21N5O2S/c1-14-15(2)26-20-12-17(8-9-18(20)25-14)22(30)28-24-27-19-10-11-29(13-21(19)32-24)23(31)16-6-4-3-5-7-16/h3-9,12H,10-11,13H2,1-2H3,(H,27,28,30). The van der Waals surface area contributed by atoms with Crippen molar-refractivity contribution in [3.05, 3.63) is 81.6 Å². The summed E-state index contributed by atoms with van der Waals surface area (Å²) in [5.74, 6) is -0.228. The highest BCUT2D eigenvalue weighted by molar-refractivity contribution is 7.15. The maximum atomic E-state index is 12.8. The van der Waals surface area contributed by atoms with Crippen molar-refractivity contribution in [1.82, 2.24) is 19.9 Å². The zero-order valence-corrected chi connectivity index (χ0v) is 18.6. The fraction of sp³-hybridized carbons (Fsp3) is 0.208. The van der Waals surface area contributed by atoms with E-state index in [4.69, 9.17) is 0 Å². The number of hydrogen-bond acceptors (Lipinski definition) is 6. The molecule has 32 heavy (non-hydrogen) atoms. The van der Waals surface area contributed by atoms with Crippen LogP contribution in [0.25, 0.3) is 11.0 Å². The number of amides is 2. The van der Waals surface area contributed by atoms with E-state index in [2.05, 4.69) is 20.3 Å². The predicted molar refractivity (Wildman–Crippen MR) is 124 cm³/mol. The first-order valence-corrected chi connectivity index (χ1v) is 11.2. The molecule has 0 saturated carbocycles. The molecule has 4 aromatic rings. The molecule has 3 heterocycles. The lowest BCUT2D eigenvalue weighted by Gasteiger charge is -2.26. The highest BCUT2D eigenvalue weighted by Crippen LogP contribution is 2.29. The number of carbonyl (C=O) groups excluding carboxylic acids is 2. The van der Waals surface area contributed by atoms with Gasteiger partial charge in [0, 0.05) is 29.0 Å². The van der Waals surface area contributed by atoms with Crippen LogP contribution in [0.15, 0.2) is 48.5 Å². The van der Waals surface area contributed by atoms with Crippen molar-refractivity contribution in [3.63, 3.8) is 0 Å². The minimum atomic E-state index is -0.241. The average molecular weight is 444 g/mol. The van der Waals surface area contributed by atoms with Gasteiger partial charge in [0.25, 0.3) is 11.8 Å². The van der Waals surface area contributed by atoms with Gasteiger partial charge >= 0.3 is 0 Å². The summed E-state index contributed by atoms with van der Waals surface area (Å²) in [6.07, 6.45) is 0.671. The van der Waals surface area contributed by atoms with Crippen LogP contribution in [0, 0.1) is 13.8 Å². The number of aromatic nitrogens is 3. The van der Waals surface area contributed by atoms with Crippen LogP contribution in [0.5, 0.6) is 0 Å². The van der Waals surface area contributed by atoms with Gasteiger partial charge in [-0.05, 0) is 44.2 Å². The molecule has 0 fully saturated rings. The van der Waals surface area contributed by atoms with Crippen LogP contribution < -0.4 is 5.32 Å². The summed E-state index contributed by atoms with van der Waals surface area (Å²) in [6.45, 7) is 4.93. The SMILES string of the molecule is Cc1nc2ccc(C(=O)Nc3nc4c(s3)CN(C(=O)c3ccccc3)CC4)cc2nc1C. The number of anilines is 1. The largest absolute Gasteiger partial charge is 0.333 e. The lowest BCUT2D eigenvalue weighted by molar-refractivity contribution is 0.0736. The molecule has 160 valence electrons. The molecule has 0 aliphatic carbocycles. The fourth-order valence-corrected chi connectivity index (χ4v) is 4.75. The van der Waals surface area contributed by atoms with Crippen LogP contribution in [0.3, 0.4) is 0 Å². The van der Waals surface area contributed by atoms with E-state index in [1.807, 2.05) is 55.1 Å². The number of thiazole rings is 1. The zero-order chi connectivity index (χ0) is 22.2. The fourth-order valence-electron chi connectivity index (χ4n) is 3.73. The number of fused-ring (bicyclic) bond motifs is 2. The van der Waals surface area contributed by atoms with Crippen molar-refractivity contribution in [3.8, 4) is 0 Å². The second kappa shape index (κ2) is 8.12. The molecule has 7 nitrogen and oxygen atoms in total. The third kappa shape index (κ3) is 3.85. The minimum absolute atomic E-state index is 0.0121. The molecule has 0 radical (unpaired) electrons. The first-order valence-electron chi connectivity index (χ1n) is 10.4. The van der Waals surface area contributed by atoms with Crippen molar-refractivity contribution >= 4 is 39.3 Å². The Morgan fingerprint density at radius 2 is 1.69 bits per heavy atom. The highest BCUT2D eigenvalue weighted by atomic mass is 32.1. The molecule has 0 saturated heterocycles. The number of aryl methyl sites for hydroxylation is 2. The monoisotopic (exact) mass is 443 g/mol. The molecule has 0 unspecified atom stereocenters. The van der Waals surface area contributed by atoms with E-state index < -0.39 is 0 Å². The summed E-state index contributed by atoms with van der Waals surface area (Å²) < 4.78 is 0. The molecule has 2 aromatic carbocycles. The summed E-state index contributed by atoms with van der Waals surface area (Å²) in [5, 5.41) is 3.44. The second-order valence-electron chi connectivity index (χ2n) is 7.78. The molecule has 1 N–H and O–H groups in total. The van der Waals surface area contributed by atoms with Crippen LogP contribution in [-0.2, 0) is 13.0 Å². The van der Waals surface area contributed by atoms with Crippen molar-refractivity contribution in [1.29, 1.82) is 0 Å². The van der Waals surface area contributed by atoms with Gasteiger partial charge in [-0.3, -0.25) is 14.9 Å². The number of carbonyl (C=O) groups is 2. The van der Waals surface area contributed by atoms with Crippen molar-refractivity contribution in [2.75, 3.05) is 11.9 Å². The van der Waals surface area contributed by atoms with E-state index in [0.29, 0.717) is 41.3 Å². The lowest BCUT2D eigenvalue weighted by Crippen LogP contribution is -2.35. The van der Waals surface area contributed by atoms with Crippen LogP contribution in [0.2, 0.25) is 0 Å². The Morgan fingerprint density at radius 1 is 0.938 bits per heavy atom. The summed E-state index contributed by atoms with van der Waals surface area (Å²) in [6, 6.07) is 14.6. The summed E-state index contributed by atoms with van der Waals surface area (Å²) in [4.78, 5) is 42.1. The van der Waals surface area contributed by atoms with Gasteiger partial charge in [0.15, 0.2) is 5.13 Å². The number of rotatable bonds is 3. The van der Waals surface area contributed by atoms with Gasteiger partial charge in [0.1, 0.15) is 0 Å². The van der Waals surface area contributed by atoms with E-state index in [1.54, 1.807) is 12.1 Å².